The van der Waals surface area contributed by atoms with E-state index in [-0.39, 0.29) is 5.91 Å². The summed E-state index contributed by atoms with van der Waals surface area (Å²) in [5.41, 5.74) is 3.76. The predicted octanol–water partition coefficient (Wildman–Crippen LogP) is 1.24. The molecule has 2 aromatic heterocycles. The molecule has 17 heavy (non-hydrogen) atoms. The quantitative estimate of drug-likeness (QED) is 0.632. The number of amides is 1. The number of hydrazone groups is 1. The van der Waals surface area contributed by atoms with Gasteiger partial charge in [-0.25, -0.2) is 5.43 Å². The summed E-state index contributed by atoms with van der Waals surface area (Å²) in [6.07, 6.45) is 7.97. The van der Waals surface area contributed by atoms with Crippen molar-refractivity contribution < 1.29 is 4.79 Å². The number of hydrogen-bond acceptors (Lipinski definition) is 4. The lowest BCUT2D eigenvalue weighted by Crippen LogP contribution is -2.17. The summed E-state index contributed by atoms with van der Waals surface area (Å²) in [7, 11) is 0. The summed E-state index contributed by atoms with van der Waals surface area (Å²) in [4.78, 5) is 19.3. The van der Waals surface area contributed by atoms with E-state index in [1.54, 1.807) is 43.0 Å². The fraction of sp³-hybridized carbons (Fsp3) is 0. The molecule has 0 spiro atoms. The molecule has 0 fully saturated rings. The summed E-state index contributed by atoms with van der Waals surface area (Å²) in [6, 6.07) is 6.88. The summed E-state index contributed by atoms with van der Waals surface area (Å²) >= 11 is 0. The van der Waals surface area contributed by atoms with E-state index in [1.807, 2.05) is 6.07 Å². The van der Waals surface area contributed by atoms with E-state index in [0.717, 1.165) is 5.56 Å². The molecule has 2 rings (SSSR count). The van der Waals surface area contributed by atoms with Crippen LogP contribution in [0.4, 0.5) is 0 Å². The maximum absolute atomic E-state index is 11.6. The van der Waals surface area contributed by atoms with E-state index in [4.69, 9.17) is 0 Å². The second-order valence-electron chi connectivity index (χ2n) is 3.22. The van der Waals surface area contributed by atoms with E-state index in [2.05, 4.69) is 20.5 Å². The lowest BCUT2D eigenvalue weighted by atomic mass is 10.3. The van der Waals surface area contributed by atoms with Crippen molar-refractivity contribution in [2.75, 3.05) is 0 Å². The van der Waals surface area contributed by atoms with Crippen molar-refractivity contribution in [3.05, 3.63) is 60.2 Å². The highest BCUT2D eigenvalue weighted by Gasteiger charge is 2.01. The van der Waals surface area contributed by atoms with Gasteiger partial charge in [0.2, 0.25) is 0 Å². The second-order valence-corrected chi connectivity index (χ2v) is 3.22. The standard InChI is InChI=1S/C12H10N4O/c17-12(11-3-6-13-7-4-11)16-15-9-10-2-1-5-14-8-10/h1-9H,(H,16,17). The Morgan fingerprint density at radius 1 is 1.18 bits per heavy atom. The highest BCUT2D eigenvalue weighted by Crippen LogP contribution is 1.95. The van der Waals surface area contributed by atoms with E-state index in [0.29, 0.717) is 5.56 Å². The fourth-order valence-electron chi connectivity index (χ4n) is 1.19. The van der Waals surface area contributed by atoms with E-state index < -0.39 is 0 Å². The molecule has 0 bridgehead atoms. The third-order valence-electron chi connectivity index (χ3n) is 2.01. The molecule has 1 N–H and O–H groups in total. The number of rotatable bonds is 3. The smallest absolute Gasteiger partial charge is 0.267 e. The Labute approximate surface area is 98.2 Å². The van der Waals surface area contributed by atoms with Crippen molar-refractivity contribution in [2.24, 2.45) is 5.10 Å². The maximum Gasteiger partial charge on any atom is 0.271 e. The minimum absolute atomic E-state index is 0.271. The Bertz CT molecular complexity index is 511. The van der Waals surface area contributed by atoms with Gasteiger partial charge >= 0.3 is 0 Å². The highest BCUT2D eigenvalue weighted by atomic mass is 16.2. The summed E-state index contributed by atoms with van der Waals surface area (Å²) in [5.74, 6) is -0.271. The zero-order chi connectivity index (χ0) is 11.9. The second kappa shape index (κ2) is 5.50. The first kappa shape index (κ1) is 10.9. The molecule has 5 heteroatoms. The Balaban J connectivity index is 1.95. The minimum Gasteiger partial charge on any atom is -0.267 e. The highest BCUT2D eigenvalue weighted by molar-refractivity contribution is 5.94. The number of hydrogen-bond donors (Lipinski definition) is 1. The third kappa shape index (κ3) is 3.20. The average molecular weight is 226 g/mol. The SMILES string of the molecule is O=C(NN=Cc1cccnc1)c1ccncc1. The van der Waals surface area contributed by atoms with Crippen LogP contribution in [0.2, 0.25) is 0 Å². The molecule has 0 aliphatic carbocycles. The van der Waals surface area contributed by atoms with Crippen LogP contribution in [0, 0.1) is 0 Å². The molecule has 0 aliphatic rings. The van der Waals surface area contributed by atoms with Gasteiger partial charge in [0.05, 0.1) is 6.21 Å². The van der Waals surface area contributed by atoms with Gasteiger partial charge in [-0.2, -0.15) is 5.10 Å². The monoisotopic (exact) mass is 226 g/mol. The van der Waals surface area contributed by atoms with E-state index >= 15 is 0 Å². The number of pyridine rings is 2. The molecule has 0 saturated carbocycles. The fourth-order valence-corrected chi connectivity index (χ4v) is 1.19. The van der Waals surface area contributed by atoms with Gasteiger partial charge < -0.3 is 0 Å². The molecule has 84 valence electrons. The molecule has 0 unspecified atom stereocenters. The van der Waals surface area contributed by atoms with Crippen LogP contribution in [0.5, 0.6) is 0 Å². The first-order valence-electron chi connectivity index (χ1n) is 5.00. The van der Waals surface area contributed by atoms with Crippen LogP contribution in [-0.2, 0) is 0 Å². The van der Waals surface area contributed by atoms with E-state index in [1.165, 1.54) is 6.21 Å². The van der Waals surface area contributed by atoms with Crippen LogP contribution in [0.15, 0.2) is 54.2 Å². The summed E-state index contributed by atoms with van der Waals surface area (Å²) < 4.78 is 0. The van der Waals surface area contributed by atoms with Gasteiger partial charge in [0.1, 0.15) is 0 Å². The molecule has 2 heterocycles. The number of nitrogens with one attached hydrogen (secondary N) is 1. The zero-order valence-corrected chi connectivity index (χ0v) is 8.95. The van der Waals surface area contributed by atoms with Gasteiger partial charge in [0, 0.05) is 35.9 Å². The van der Waals surface area contributed by atoms with E-state index in [9.17, 15) is 4.79 Å². The lowest BCUT2D eigenvalue weighted by Gasteiger charge is -1.98. The van der Waals surface area contributed by atoms with Crippen molar-refractivity contribution >= 4 is 12.1 Å². The number of nitrogens with zero attached hydrogens (tertiary/aromatic N) is 3. The topological polar surface area (TPSA) is 67.2 Å². The van der Waals surface area contributed by atoms with Crippen LogP contribution in [0.1, 0.15) is 15.9 Å². The first-order valence-corrected chi connectivity index (χ1v) is 5.00. The van der Waals surface area contributed by atoms with Gasteiger partial charge in [-0.15, -0.1) is 0 Å². The molecule has 2 aromatic rings. The van der Waals surface area contributed by atoms with Crippen molar-refractivity contribution in [2.45, 2.75) is 0 Å². The largest absolute Gasteiger partial charge is 0.271 e. The molecule has 0 saturated heterocycles. The van der Waals surface area contributed by atoms with Gasteiger partial charge in [-0.05, 0) is 18.2 Å². The van der Waals surface area contributed by atoms with Crippen molar-refractivity contribution in [3.8, 4) is 0 Å². The van der Waals surface area contributed by atoms with Gasteiger partial charge in [0.15, 0.2) is 0 Å². The molecule has 0 aromatic carbocycles. The van der Waals surface area contributed by atoms with Crippen LogP contribution < -0.4 is 5.43 Å². The number of aromatic nitrogens is 2. The Morgan fingerprint density at radius 2 is 2.00 bits per heavy atom. The van der Waals surface area contributed by atoms with Gasteiger partial charge in [-0.3, -0.25) is 14.8 Å². The van der Waals surface area contributed by atoms with Gasteiger partial charge in [-0.1, -0.05) is 6.07 Å². The molecular weight excluding hydrogens is 216 g/mol. The Morgan fingerprint density at radius 3 is 2.71 bits per heavy atom. The van der Waals surface area contributed by atoms with Crippen LogP contribution in [0.25, 0.3) is 0 Å². The summed E-state index contributed by atoms with van der Waals surface area (Å²) in [6.45, 7) is 0. The third-order valence-corrected chi connectivity index (χ3v) is 2.01. The molecule has 1 amide bonds. The molecular formula is C12H10N4O. The summed E-state index contributed by atoms with van der Waals surface area (Å²) in [5, 5.41) is 3.83. The van der Waals surface area contributed by atoms with Gasteiger partial charge in [0.25, 0.3) is 5.91 Å². The Hall–Kier alpha value is -2.56. The molecule has 0 radical (unpaired) electrons. The minimum atomic E-state index is -0.271. The zero-order valence-electron chi connectivity index (χ0n) is 8.95. The Kier molecular flexibility index (Phi) is 3.54. The van der Waals surface area contributed by atoms with Crippen LogP contribution in [0.3, 0.4) is 0 Å². The van der Waals surface area contributed by atoms with Crippen molar-refractivity contribution in [1.29, 1.82) is 0 Å². The van der Waals surface area contributed by atoms with Crippen molar-refractivity contribution in [1.82, 2.24) is 15.4 Å². The van der Waals surface area contributed by atoms with Crippen molar-refractivity contribution in [3.63, 3.8) is 0 Å². The number of carbonyl (C=O) groups is 1. The molecule has 5 nitrogen and oxygen atoms in total. The lowest BCUT2D eigenvalue weighted by molar-refractivity contribution is 0.0955. The molecule has 0 aliphatic heterocycles. The predicted molar refractivity (Wildman–Crippen MR) is 63.5 cm³/mol. The van der Waals surface area contributed by atoms with Crippen LogP contribution >= 0.6 is 0 Å². The number of carbonyl (C=O) groups excluding carboxylic acids is 1. The average Bonchev–Trinajstić information content (AvgIpc) is 2.41. The first-order chi connectivity index (χ1) is 8.36. The maximum atomic E-state index is 11.6. The van der Waals surface area contributed by atoms with Crippen LogP contribution in [-0.4, -0.2) is 22.1 Å². The normalized spacial score (nSPS) is 10.4. The molecule has 0 atom stereocenters.